The average molecular weight is 765 g/mol. The van der Waals surface area contributed by atoms with Gasteiger partial charge in [0.15, 0.2) is 0 Å². The molecule has 0 saturated heterocycles. The molecule has 0 aromatic heterocycles. The van der Waals surface area contributed by atoms with Gasteiger partial charge < -0.3 is 14.6 Å². The number of hydrogen-bond donors (Lipinski definition) is 1. The molecular formula is C50H100O4. The van der Waals surface area contributed by atoms with E-state index in [0.717, 1.165) is 19.3 Å². The first-order chi connectivity index (χ1) is 26.7. The molecule has 324 valence electrons. The lowest BCUT2D eigenvalue weighted by molar-refractivity contribution is -0.154. The highest BCUT2D eigenvalue weighted by Crippen LogP contribution is 2.17. The number of unbranched alkanes of at least 4 members (excludes halogenated alkanes) is 40. The average Bonchev–Trinajstić information content (AvgIpc) is 3.18. The van der Waals surface area contributed by atoms with Gasteiger partial charge in [-0.05, 0) is 12.8 Å². The summed E-state index contributed by atoms with van der Waals surface area (Å²) in [5.74, 6) is -0.190. The van der Waals surface area contributed by atoms with E-state index in [1.54, 1.807) is 0 Å². The molecule has 54 heavy (non-hydrogen) atoms. The Labute approximate surface area is 340 Å². The van der Waals surface area contributed by atoms with Gasteiger partial charge in [-0.2, -0.15) is 0 Å². The lowest BCUT2D eigenvalue weighted by atomic mass is 10.0. The van der Waals surface area contributed by atoms with Crippen LogP contribution in [0.15, 0.2) is 0 Å². The van der Waals surface area contributed by atoms with Gasteiger partial charge >= 0.3 is 5.97 Å². The van der Waals surface area contributed by atoms with Crippen molar-refractivity contribution in [3.8, 4) is 0 Å². The topological polar surface area (TPSA) is 55.8 Å². The van der Waals surface area contributed by atoms with Gasteiger partial charge in [0.2, 0.25) is 0 Å². The van der Waals surface area contributed by atoms with Crippen molar-refractivity contribution in [3.05, 3.63) is 0 Å². The summed E-state index contributed by atoms with van der Waals surface area (Å²) in [6, 6.07) is 0. The molecule has 1 unspecified atom stereocenters. The van der Waals surface area contributed by atoms with Gasteiger partial charge in [-0.1, -0.05) is 271 Å². The zero-order valence-corrected chi connectivity index (χ0v) is 37.3. The first-order valence-corrected chi connectivity index (χ1v) is 25.1. The molecule has 0 radical (unpaired) electrons. The van der Waals surface area contributed by atoms with E-state index in [1.165, 1.54) is 250 Å². The van der Waals surface area contributed by atoms with Crippen LogP contribution < -0.4 is 0 Å². The smallest absolute Gasteiger partial charge is 0.306 e. The molecule has 1 atom stereocenters. The van der Waals surface area contributed by atoms with E-state index < -0.39 is 6.10 Å². The molecule has 0 heterocycles. The molecule has 0 bridgehead atoms. The van der Waals surface area contributed by atoms with Crippen LogP contribution in [0.4, 0.5) is 0 Å². The number of carbonyl (C=O) groups excluding carboxylic acids is 1. The minimum absolute atomic E-state index is 0.162. The normalized spacial score (nSPS) is 12.1. The lowest BCUT2D eigenvalue weighted by Gasteiger charge is -2.16. The van der Waals surface area contributed by atoms with Crippen LogP contribution in [0.2, 0.25) is 0 Å². The molecule has 4 nitrogen and oxygen atoms in total. The van der Waals surface area contributed by atoms with E-state index in [4.69, 9.17) is 9.47 Å². The fraction of sp³-hybridized carbons (Fsp3) is 0.980. The monoisotopic (exact) mass is 765 g/mol. The summed E-state index contributed by atoms with van der Waals surface area (Å²) in [5.41, 5.74) is 0. The van der Waals surface area contributed by atoms with E-state index in [2.05, 4.69) is 13.8 Å². The Bertz CT molecular complexity index is 682. The fourth-order valence-corrected chi connectivity index (χ4v) is 7.92. The maximum absolute atomic E-state index is 12.3. The van der Waals surface area contributed by atoms with Gasteiger partial charge in [-0.15, -0.1) is 0 Å². The first kappa shape index (κ1) is 53.4. The highest BCUT2D eigenvalue weighted by atomic mass is 16.6. The second kappa shape index (κ2) is 48.5. The summed E-state index contributed by atoms with van der Waals surface area (Å²) < 4.78 is 11.2. The standard InChI is InChI=1S/C50H100O4/c1-3-5-7-9-11-13-15-17-19-21-23-24-25-26-27-29-31-33-35-37-39-41-43-45-50(52)54-49(47-51)48-53-46-44-42-40-38-36-34-32-30-28-22-20-18-16-14-12-10-8-6-4-2/h49,51H,3-48H2,1-2H3. The molecule has 0 aromatic rings. The third-order valence-corrected chi connectivity index (χ3v) is 11.7. The summed E-state index contributed by atoms with van der Waals surface area (Å²) in [5, 5.41) is 9.64. The second-order valence-electron chi connectivity index (χ2n) is 17.3. The highest BCUT2D eigenvalue weighted by molar-refractivity contribution is 5.69. The molecule has 0 aliphatic heterocycles. The maximum atomic E-state index is 12.3. The Balaban J connectivity index is 3.32. The van der Waals surface area contributed by atoms with Crippen LogP contribution in [0, 0.1) is 0 Å². The van der Waals surface area contributed by atoms with Gasteiger partial charge in [0.1, 0.15) is 6.10 Å². The van der Waals surface area contributed by atoms with E-state index in [0.29, 0.717) is 19.6 Å². The quantitative estimate of drug-likeness (QED) is 0.0495. The Morgan fingerprint density at radius 3 is 0.870 bits per heavy atom. The summed E-state index contributed by atoms with van der Waals surface area (Å²) in [6.07, 6.45) is 57.7. The number of esters is 1. The van der Waals surface area contributed by atoms with Gasteiger partial charge in [-0.25, -0.2) is 0 Å². The zero-order chi connectivity index (χ0) is 39.1. The van der Waals surface area contributed by atoms with Crippen molar-refractivity contribution in [1.29, 1.82) is 0 Å². The van der Waals surface area contributed by atoms with Crippen molar-refractivity contribution < 1.29 is 19.4 Å². The van der Waals surface area contributed by atoms with Crippen molar-refractivity contribution in [3.63, 3.8) is 0 Å². The number of rotatable bonds is 48. The molecule has 0 saturated carbocycles. The minimum atomic E-state index is -0.526. The number of hydrogen-bond acceptors (Lipinski definition) is 4. The van der Waals surface area contributed by atoms with Crippen molar-refractivity contribution in [2.24, 2.45) is 0 Å². The van der Waals surface area contributed by atoms with Crippen LogP contribution in [0.25, 0.3) is 0 Å². The van der Waals surface area contributed by atoms with E-state index in [9.17, 15) is 9.90 Å². The SMILES string of the molecule is CCCCCCCCCCCCCCCCCCCCCCCCCC(=O)OC(CO)COCCCCCCCCCCCCCCCCCCCCC. The molecule has 0 spiro atoms. The molecule has 0 aliphatic carbocycles. The van der Waals surface area contributed by atoms with E-state index >= 15 is 0 Å². The molecule has 0 rings (SSSR count). The maximum Gasteiger partial charge on any atom is 0.306 e. The van der Waals surface area contributed by atoms with Gasteiger partial charge in [0.05, 0.1) is 13.2 Å². The lowest BCUT2D eigenvalue weighted by Crippen LogP contribution is -2.27. The third-order valence-electron chi connectivity index (χ3n) is 11.7. The number of ether oxygens (including phenoxy) is 2. The summed E-state index contributed by atoms with van der Waals surface area (Å²) in [6.45, 7) is 5.42. The van der Waals surface area contributed by atoms with Gasteiger partial charge in [0, 0.05) is 13.0 Å². The zero-order valence-electron chi connectivity index (χ0n) is 37.3. The predicted octanol–water partition coefficient (Wildman–Crippen LogP) is 16.7. The van der Waals surface area contributed by atoms with Crippen LogP contribution in [0.5, 0.6) is 0 Å². The summed E-state index contributed by atoms with van der Waals surface area (Å²) in [4.78, 5) is 12.3. The number of aliphatic hydroxyl groups is 1. The van der Waals surface area contributed by atoms with Gasteiger partial charge in [-0.3, -0.25) is 4.79 Å². The highest BCUT2D eigenvalue weighted by Gasteiger charge is 2.13. The summed E-state index contributed by atoms with van der Waals surface area (Å²) >= 11 is 0. The number of aliphatic hydroxyl groups excluding tert-OH is 1. The van der Waals surface area contributed by atoms with Gasteiger partial charge in [0.25, 0.3) is 0 Å². The van der Waals surface area contributed by atoms with Crippen molar-refractivity contribution in [2.45, 2.75) is 296 Å². The second-order valence-corrected chi connectivity index (χ2v) is 17.3. The largest absolute Gasteiger partial charge is 0.457 e. The van der Waals surface area contributed by atoms with Crippen LogP contribution in [-0.2, 0) is 14.3 Å². The fourth-order valence-electron chi connectivity index (χ4n) is 7.92. The Morgan fingerprint density at radius 2 is 0.611 bits per heavy atom. The van der Waals surface area contributed by atoms with Crippen LogP contribution in [0.1, 0.15) is 290 Å². The Morgan fingerprint density at radius 1 is 0.370 bits per heavy atom. The van der Waals surface area contributed by atoms with Crippen molar-refractivity contribution in [1.82, 2.24) is 0 Å². The van der Waals surface area contributed by atoms with E-state index in [1.807, 2.05) is 0 Å². The predicted molar refractivity (Wildman–Crippen MR) is 238 cm³/mol. The third kappa shape index (κ3) is 45.8. The molecule has 4 heteroatoms. The first-order valence-electron chi connectivity index (χ1n) is 25.1. The molecule has 1 N–H and O–H groups in total. The molecular weight excluding hydrogens is 665 g/mol. The van der Waals surface area contributed by atoms with E-state index in [-0.39, 0.29) is 12.6 Å². The van der Waals surface area contributed by atoms with Crippen molar-refractivity contribution >= 4 is 5.97 Å². The minimum Gasteiger partial charge on any atom is -0.457 e. The Hall–Kier alpha value is -0.610. The molecule has 0 fully saturated rings. The van der Waals surface area contributed by atoms with Crippen LogP contribution in [0.3, 0.4) is 0 Å². The Kier molecular flexibility index (Phi) is 48.0. The molecule has 0 aliphatic rings. The molecule has 0 aromatic carbocycles. The number of carbonyl (C=O) groups is 1. The molecule has 0 amide bonds. The van der Waals surface area contributed by atoms with Crippen LogP contribution in [-0.4, -0.2) is 37.0 Å². The summed E-state index contributed by atoms with van der Waals surface area (Å²) in [7, 11) is 0. The van der Waals surface area contributed by atoms with Crippen LogP contribution >= 0.6 is 0 Å². The van der Waals surface area contributed by atoms with Crippen molar-refractivity contribution in [2.75, 3.05) is 19.8 Å².